The lowest BCUT2D eigenvalue weighted by atomic mass is 9.84. The second-order valence-corrected chi connectivity index (χ2v) is 9.40. The van der Waals surface area contributed by atoms with Crippen molar-refractivity contribution in [2.75, 3.05) is 13.2 Å². The van der Waals surface area contributed by atoms with E-state index in [2.05, 4.69) is 53.9 Å². The van der Waals surface area contributed by atoms with Gasteiger partial charge < -0.3 is 4.74 Å². The Kier molecular flexibility index (Phi) is 7.45. The van der Waals surface area contributed by atoms with Crippen LogP contribution in [0.25, 0.3) is 22.8 Å². The van der Waals surface area contributed by atoms with Crippen molar-refractivity contribution in [1.82, 2.24) is 19.6 Å². The third kappa shape index (κ3) is 5.27. The van der Waals surface area contributed by atoms with E-state index in [1.807, 2.05) is 43.3 Å². The van der Waals surface area contributed by atoms with Crippen LogP contribution in [0.1, 0.15) is 31.7 Å². The molecule has 0 radical (unpaired) electrons. The zero-order valence-electron chi connectivity index (χ0n) is 21.7. The Bertz CT molecular complexity index is 1530. The Morgan fingerprint density at radius 1 is 1.11 bits per heavy atom. The third-order valence-corrected chi connectivity index (χ3v) is 6.64. The summed E-state index contributed by atoms with van der Waals surface area (Å²) in [6.45, 7) is 9.24. The SMILES string of the molecule is C=C(C)C(CC1C=C(n2cc(OCC)c(=O)c(-c3ccnn3-c3ccccc3)n2)C=NC1)c1ccccc1. The highest BCUT2D eigenvalue weighted by Gasteiger charge is 2.22. The maximum Gasteiger partial charge on any atom is 0.251 e. The fraction of sp³-hybridized carbons (Fsp3) is 0.226. The van der Waals surface area contributed by atoms with E-state index in [1.165, 1.54) is 5.56 Å². The summed E-state index contributed by atoms with van der Waals surface area (Å²) in [4.78, 5) is 18.1. The molecule has 7 heteroatoms. The van der Waals surface area contributed by atoms with E-state index in [0.717, 1.165) is 23.4 Å². The molecule has 4 aromatic rings. The number of benzene rings is 2. The molecule has 0 N–H and O–H groups in total. The van der Waals surface area contributed by atoms with Crippen molar-refractivity contribution in [3.8, 4) is 22.8 Å². The molecule has 1 aliphatic rings. The monoisotopic (exact) mass is 505 g/mol. The molecule has 2 aromatic heterocycles. The van der Waals surface area contributed by atoms with Crippen molar-refractivity contribution in [2.45, 2.75) is 26.2 Å². The van der Waals surface area contributed by atoms with Gasteiger partial charge in [-0.25, -0.2) is 9.36 Å². The number of aromatic nitrogens is 4. The predicted molar refractivity (Wildman–Crippen MR) is 152 cm³/mol. The lowest BCUT2D eigenvalue weighted by Gasteiger charge is -2.24. The molecule has 0 bridgehead atoms. The minimum Gasteiger partial charge on any atom is -0.488 e. The number of hydrogen-bond donors (Lipinski definition) is 0. The molecular formula is C31H31N5O2. The standard InChI is InChI=1S/C31H31N5O2/c1-4-38-29-21-35(34-30(31(29)37)28-15-16-33-36(28)25-13-9-6-10-14-25)26-17-23(19-32-20-26)18-27(22(2)3)24-11-7-5-8-12-24/h5-17,20-21,23,27H,2,4,18-19H2,1,3H3. The minimum absolute atomic E-state index is 0.187. The molecule has 2 aromatic carbocycles. The summed E-state index contributed by atoms with van der Waals surface area (Å²) < 4.78 is 9.15. The lowest BCUT2D eigenvalue weighted by Crippen LogP contribution is -2.21. The molecule has 7 nitrogen and oxygen atoms in total. The first-order valence-corrected chi connectivity index (χ1v) is 12.8. The first kappa shape index (κ1) is 25.1. The highest BCUT2D eigenvalue weighted by Crippen LogP contribution is 2.32. The largest absolute Gasteiger partial charge is 0.488 e. The van der Waals surface area contributed by atoms with Crippen molar-refractivity contribution in [1.29, 1.82) is 0 Å². The van der Waals surface area contributed by atoms with Crippen LogP contribution >= 0.6 is 0 Å². The summed E-state index contributed by atoms with van der Waals surface area (Å²) in [5.74, 6) is 0.648. The average Bonchev–Trinajstić information content (AvgIpc) is 3.44. The van der Waals surface area contributed by atoms with Gasteiger partial charge in [-0.15, -0.1) is 0 Å². The quantitative estimate of drug-likeness (QED) is 0.270. The van der Waals surface area contributed by atoms with Gasteiger partial charge in [0.15, 0.2) is 11.4 Å². The van der Waals surface area contributed by atoms with Crippen molar-refractivity contribution >= 4 is 11.9 Å². The van der Waals surface area contributed by atoms with Crippen LogP contribution in [0.4, 0.5) is 0 Å². The van der Waals surface area contributed by atoms with Crippen LogP contribution in [0.2, 0.25) is 0 Å². The highest BCUT2D eigenvalue weighted by molar-refractivity contribution is 6.02. The lowest BCUT2D eigenvalue weighted by molar-refractivity contribution is 0.334. The fourth-order valence-electron chi connectivity index (χ4n) is 4.79. The molecule has 0 spiro atoms. The fourth-order valence-corrected chi connectivity index (χ4v) is 4.79. The molecule has 3 heterocycles. The van der Waals surface area contributed by atoms with E-state index in [4.69, 9.17) is 9.84 Å². The zero-order valence-corrected chi connectivity index (χ0v) is 21.7. The summed E-state index contributed by atoms with van der Waals surface area (Å²) in [6.07, 6.45) is 8.18. The molecule has 0 saturated carbocycles. The van der Waals surface area contributed by atoms with Crippen LogP contribution in [0.3, 0.4) is 0 Å². The second-order valence-electron chi connectivity index (χ2n) is 9.40. The van der Waals surface area contributed by atoms with Crippen molar-refractivity contribution in [2.24, 2.45) is 10.9 Å². The van der Waals surface area contributed by atoms with Gasteiger partial charge in [-0.1, -0.05) is 66.8 Å². The molecule has 0 amide bonds. The topological polar surface area (TPSA) is 74.3 Å². The first-order chi connectivity index (χ1) is 18.5. The Labute approximate surface area is 222 Å². The predicted octanol–water partition coefficient (Wildman–Crippen LogP) is 5.79. The van der Waals surface area contributed by atoms with Crippen molar-refractivity contribution < 1.29 is 4.74 Å². The molecular weight excluding hydrogens is 474 g/mol. The van der Waals surface area contributed by atoms with Crippen LogP contribution in [-0.2, 0) is 0 Å². The van der Waals surface area contributed by atoms with Gasteiger partial charge in [0, 0.05) is 18.7 Å². The van der Waals surface area contributed by atoms with Gasteiger partial charge in [0.25, 0.3) is 5.43 Å². The van der Waals surface area contributed by atoms with Crippen LogP contribution in [0, 0.1) is 5.92 Å². The molecule has 2 atom stereocenters. The highest BCUT2D eigenvalue weighted by atomic mass is 16.5. The number of hydrogen-bond acceptors (Lipinski definition) is 5. The van der Waals surface area contributed by atoms with Crippen LogP contribution in [0.5, 0.6) is 5.75 Å². The Balaban J connectivity index is 1.53. The van der Waals surface area contributed by atoms with Crippen LogP contribution in [-0.4, -0.2) is 38.9 Å². The van der Waals surface area contributed by atoms with Crippen LogP contribution < -0.4 is 10.2 Å². The van der Waals surface area contributed by atoms with E-state index < -0.39 is 0 Å². The summed E-state index contributed by atoms with van der Waals surface area (Å²) >= 11 is 0. The number of nitrogens with zero attached hydrogens (tertiary/aromatic N) is 5. The minimum atomic E-state index is -0.280. The number of aliphatic imine (C=N–C) groups is 1. The number of ether oxygens (including phenoxy) is 1. The van der Waals surface area contributed by atoms with Crippen molar-refractivity contribution in [3.05, 3.63) is 113 Å². The molecule has 0 fully saturated rings. The van der Waals surface area contributed by atoms with E-state index in [-0.39, 0.29) is 28.7 Å². The molecule has 192 valence electrons. The Morgan fingerprint density at radius 3 is 2.55 bits per heavy atom. The summed E-state index contributed by atoms with van der Waals surface area (Å²) in [7, 11) is 0. The smallest absolute Gasteiger partial charge is 0.251 e. The molecule has 0 aliphatic carbocycles. The average molecular weight is 506 g/mol. The first-order valence-electron chi connectivity index (χ1n) is 12.8. The Hall–Kier alpha value is -4.52. The van der Waals surface area contributed by atoms with Crippen molar-refractivity contribution in [3.63, 3.8) is 0 Å². The molecule has 38 heavy (non-hydrogen) atoms. The van der Waals surface area contributed by atoms with Gasteiger partial charge in [0.05, 0.1) is 36.1 Å². The molecule has 0 saturated heterocycles. The molecule has 5 rings (SSSR count). The van der Waals surface area contributed by atoms with E-state index in [0.29, 0.717) is 18.8 Å². The number of allylic oxidation sites excluding steroid dienone is 2. The normalized spacial score (nSPS) is 15.6. The van der Waals surface area contributed by atoms with Gasteiger partial charge >= 0.3 is 0 Å². The summed E-state index contributed by atoms with van der Waals surface area (Å²) in [5, 5.41) is 9.21. The maximum absolute atomic E-state index is 13.4. The molecule has 1 aliphatic heterocycles. The van der Waals surface area contributed by atoms with E-state index >= 15 is 0 Å². The van der Waals surface area contributed by atoms with Gasteiger partial charge in [0.2, 0.25) is 0 Å². The van der Waals surface area contributed by atoms with Crippen LogP contribution in [0.15, 0.2) is 107 Å². The Morgan fingerprint density at radius 2 is 1.84 bits per heavy atom. The molecule has 2 unspecified atom stereocenters. The van der Waals surface area contributed by atoms with Gasteiger partial charge in [-0.3, -0.25) is 9.79 Å². The summed E-state index contributed by atoms with van der Waals surface area (Å²) in [5.41, 5.74) is 4.58. The maximum atomic E-state index is 13.4. The van der Waals surface area contributed by atoms with Gasteiger partial charge in [-0.05, 0) is 49.9 Å². The third-order valence-electron chi connectivity index (χ3n) is 6.64. The van der Waals surface area contributed by atoms with Gasteiger partial charge in [-0.2, -0.15) is 10.2 Å². The second kappa shape index (κ2) is 11.3. The zero-order chi connectivity index (χ0) is 26.5. The summed E-state index contributed by atoms with van der Waals surface area (Å²) in [6, 6.07) is 21.9. The number of rotatable bonds is 9. The van der Waals surface area contributed by atoms with E-state index in [1.54, 1.807) is 34.0 Å². The van der Waals surface area contributed by atoms with Gasteiger partial charge in [0.1, 0.15) is 0 Å². The van der Waals surface area contributed by atoms with E-state index in [9.17, 15) is 4.79 Å². The number of dihydropyridines is 1. The number of para-hydroxylation sites is 1.